The molecule has 2 unspecified atom stereocenters. The summed E-state index contributed by atoms with van der Waals surface area (Å²) in [6.45, 7) is 6.65. The molecule has 11 nitrogen and oxygen atoms in total. The lowest BCUT2D eigenvalue weighted by Gasteiger charge is -2.33. The van der Waals surface area contributed by atoms with Crippen molar-refractivity contribution in [2.45, 2.75) is 39.0 Å². The molecule has 1 aliphatic heterocycles. The van der Waals surface area contributed by atoms with Crippen molar-refractivity contribution in [1.29, 1.82) is 0 Å². The molecule has 0 fully saturated rings. The third-order valence-corrected chi connectivity index (χ3v) is 5.67. The molecular weight excluding hydrogens is 480 g/mol. The molecule has 1 aromatic rings. The predicted molar refractivity (Wildman–Crippen MR) is 127 cm³/mol. The summed E-state index contributed by atoms with van der Waals surface area (Å²) in [7, 11) is 0. The van der Waals surface area contributed by atoms with Crippen molar-refractivity contribution in [3.8, 4) is 0 Å². The highest BCUT2D eigenvalue weighted by Gasteiger charge is 2.42. The molecule has 0 amide bonds. The number of nitrogens with one attached hydrogen (secondary N) is 1. The fraction of sp³-hybridized carbons (Fsp3) is 0.435. The van der Waals surface area contributed by atoms with E-state index < -0.39 is 34.4 Å². The van der Waals surface area contributed by atoms with Gasteiger partial charge in [-0.25, -0.2) is 14.4 Å². The van der Waals surface area contributed by atoms with Gasteiger partial charge in [-0.15, -0.1) is 11.8 Å². The maximum Gasteiger partial charge on any atom is 0.509 e. The highest BCUT2D eigenvalue weighted by Crippen LogP contribution is 2.42. The van der Waals surface area contributed by atoms with Gasteiger partial charge in [0.2, 0.25) is 0 Å². The van der Waals surface area contributed by atoms with Crippen LogP contribution in [0, 0.1) is 10.1 Å². The van der Waals surface area contributed by atoms with E-state index in [9.17, 15) is 24.5 Å². The van der Waals surface area contributed by atoms with Crippen LogP contribution in [-0.2, 0) is 28.5 Å². The Balaban J connectivity index is 2.82. The summed E-state index contributed by atoms with van der Waals surface area (Å²) in [5.74, 6) is -2.58. The lowest BCUT2D eigenvalue weighted by Crippen LogP contribution is -2.38. The lowest BCUT2D eigenvalue weighted by atomic mass is 9.80. The molecule has 1 N–H and O–H groups in total. The van der Waals surface area contributed by atoms with Crippen molar-refractivity contribution in [2.75, 3.05) is 26.1 Å². The molecule has 1 heterocycles. The molecule has 35 heavy (non-hydrogen) atoms. The van der Waals surface area contributed by atoms with Crippen molar-refractivity contribution < 1.29 is 38.3 Å². The number of nitro groups is 1. The number of nitro benzene ring substituents is 1. The zero-order chi connectivity index (χ0) is 26.1. The average Bonchev–Trinajstić information content (AvgIpc) is 2.82. The second-order valence-corrected chi connectivity index (χ2v) is 7.99. The molecular formula is C23H28N2O9S. The molecule has 0 aliphatic carbocycles. The molecule has 0 radical (unpaired) electrons. The van der Waals surface area contributed by atoms with E-state index in [1.54, 1.807) is 40.0 Å². The van der Waals surface area contributed by atoms with Crippen LogP contribution >= 0.6 is 11.8 Å². The third-order valence-electron chi connectivity index (χ3n) is 4.91. The molecule has 0 saturated heterocycles. The molecule has 0 bridgehead atoms. The quantitative estimate of drug-likeness (QED) is 0.162. The molecule has 2 rings (SSSR count). The van der Waals surface area contributed by atoms with Crippen LogP contribution in [0.2, 0.25) is 0 Å². The van der Waals surface area contributed by atoms with Gasteiger partial charge in [0.05, 0.1) is 47.5 Å². The van der Waals surface area contributed by atoms with Crippen LogP contribution in [0.1, 0.15) is 39.2 Å². The summed E-state index contributed by atoms with van der Waals surface area (Å²) in [5.41, 5.74) is -0.441. The van der Waals surface area contributed by atoms with Crippen LogP contribution in [0.4, 0.5) is 10.5 Å². The first-order valence-electron chi connectivity index (χ1n) is 10.9. The number of non-ortho nitro benzene ring substituents is 1. The number of carbonyl (C=O) groups is 3. The summed E-state index contributed by atoms with van der Waals surface area (Å²) in [4.78, 5) is 49.2. The molecule has 0 aromatic heterocycles. The Morgan fingerprint density at radius 3 is 2.20 bits per heavy atom. The number of dihydropyridines is 1. The zero-order valence-corrected chi connectivity index (χ0v) is 20.9. The van der Waals surface area contributed by atoms with Gasteiger partial charge in [0.25, 0.3) is 5.69 Å². The van der Waals surface area contributed by atoms with Gasteiger partial charge in [-0.1, -0.05) is 12.1 Å². The molecule has 1 aliphatic rings. The van der Waals surface area contributed by atoms with Gasteiger partial charge in [-0.2, -0.15) is 0 Å². The van der Waals surface area contributed by atoms with E-state index >= 15 is 0 Å². The Kier molecular flexibility index (Phi) is 10.1. The van der Waals surface area contributed by atoms with E-state index in [-0.39, 0.29) is 42.4 Å². The van der Waals surface area contributed by atoms with Gasteiger partial charge in [0.15, 0.2) is 5.44 Å². The van der Waals surface area contributed by atoms with Crippen molar-refractivity contribution in [3.05, 3.63) is 62.5 Å². The number of esters is 2. The number of thioether (sulfide) groups is 1. The van der Waals surface area contributed by atoms with Crippen LogP contribution in [0.3, 0.4) is 0 Å². The number of hydrogen-bond donors (Lipinski definition) is 1. The maximum atomic E-state index is 13.3. The Morgan fingerprint density at radius 1 is 1.06 bits per heavy atom. The number of nitrogens with zero attached hydrogens (tertiary/aromatic N) is 1. The molecule has 0 spiro atoms. The topological polar surface area (TPSA) is 143 Å². The number of ether oxygens (including phenoxy) is 4. The van der Waals surface area contributed by atoms with Gasteiger partial charge >= 0.3 is 18.1 Å². The fourth-order valence-electron chi connectivity index (χ4n) is 3.57. The smallest absolute Gasteiger partial charge is 0.463 e. The number of allylic oxidation sites excluding steroid dienone is 1. The first-order chi connectivity index (χ1) is 16.7. The highest BCUT2D eigenvalue weighted by molar-refractivity contribution is 7.99. The van der Waals surface area contributed by atoms with E-state index in [4.69, 9.17) is 18.9 Å². The second-order valence-electron chi connectivity index (χ2n) is 7.09. The van der Waals surface area contributed by atoms with Crippen LogP contribution in [-0.4, -0.2) is 54.5 Å². The molecule has 190 valence electrons. The van der Waals surface area contributed by atoms with Gasteiger partial charge in [0, 0.05) is 17.8 Å². The van der Waals surface area contributed by atoms with E-state index in [1.165, 1.54) is 18.2 Å². The number of hydrogen-bond acceptors (Lipinski definition) is 11. The van der Waals surface area contributed by atoms with Gasteiger partial charge in [-0.3, -0.25) is 10.1 Å². The minimum Gasteiger partial charge on any atom is -0.463 e. The Labute approximate surface area is 207 Å². The normalized spacial score (nSPS) is 16.2. The Hall–Kier alpha value is -3.54. The van der Waals surface area contributed by atoms with E-state index in [1.807, 2.05) is 0 Å². The van der Waals surface area contributed by atoms with Crippen molar-refractivity contribution in [3.63, 3.8) is 0 Å². The number of benzene rings is 1. The molecule has 12 heteroatoms. The fourth-order valence-corrected chi connectivity index (χ4v) is 4.17. The van der Waals surface area contributed by atoms with Gasteiger partial charge in [0.1, 0.15) is 0 Å². The summed E-state index contributed by atoms with van der Waals surface area (Å²) < 4.78 is 20.8. The zero-order valence-electron chi connectivity index (χ0n) is 20.1. The lowest BCUT2D eigenvalue weighted by molar-refractivity contribution is -0.384. The standard InChI is InChI=1S/C23H28N2O9S/c1-6-31-20(26)16-13(4)24-19(22(35-5)34-23(28)33-8-3)18(21(27)32-7-2)17(16)14-10-9-11-15(12-14)25(29)30/h9-12,17,22,24H,6-8H2,1-5H3. The van der Waals surface area contributed by atoms with E-state index in [2.05, 4.69) is 5.32 Å². The average molecular weight is 509 g/mol. The van der Waals surface area contributed by atoms with Gasteiger partial charge in [-0.05, 0) is 39.5 Å². The summed E-state index contributed by atoms with van der Waals surface area (Å²) in [6.07, 6.45) is 0.706. The van der Waals surface area contributed by atoms with Crippen LogP contribution < -0.4 is 5.32 Å². The van der Waals surface area contributed by atoms with Crippen LogP contribution in [0.15, 0.2) is 46.8 Å². The third kappa shape index (κ3) is 6.53. The van der Waals surface area contributed by atoms with Crippen LogP contribution in [0.25, 0.3) is 0 Å². The minimum absolute atomic E-state index is 0.0252. The number of rotatable bonds is 10. The minimum atomic E-state index is -1.09. The summed E-state index contributed by atoms with van der Waals surface area (Å²) in [6, 6.07) is 5.60. The van der Waals surface area contributed by atoms with Crippen LogP contribution in [0.5, 0.6) is 0 Å². The number of carbonyl (C=O) groups excluding carboxylic acids is 3. The van der Waals surface area contributed by atoms with Crippen molar-refractivity contribution >= 4 is 35.5 Å². The van der Waals surface area contributed by atoms with E-state index in [0.29, 0.717) is 11.3 Å². The summed E-state index contributed by atoms with van der Waals surface area (Å²) >= 11 is 1.10. The molecule has 1 aromatic carbocycles. The summed E-state index contributed by atoms with van der Waals surface area (Å²) in [5, 5.41) is 14.4. The first-order valence-corrected chi connectivity index (χ1v) is 12.1. The first kappa shape index (κ1) is 27.7. The Morgan fingerprint density at radius 2 is 1.66 bits per heavy atom. The van der Waals surface area contributed by atoms with Crippen molar-refractivity contribution in [2.24, 2.45) is 0 Å². The van der Waals surface area contributed by atoms with Gasteiger partial charge < -0.3 is 24.3 Å². The second kappa shape index (κ2) is 12.8. The SMILES string of the molecule is CCOC(=O)OC(SC)C1=C(C(=O)OCC)C(c2cccc([N+](=O)[O-])c2)C(C(=O)OCC)=C(C)N1. The maximum absolute atomic E-state index is 13.3. The Bertz CT molecular complexity index is 1050. The molecule has 2 atom stereocenters. The van der Waals surface area contributed by atoms with E-state index in [0.717, 1.165) is 11.8 Å². The predicted octanol–water partition coefficient (Wildman–Crippen LogP) is 3.80. The largest absolute Gasteiger partial charge is 0.509 e. The highest BCUT2D eigenvalue weighted by atomic mass is 32.2. The van der Waals surface area contributed by atoms with Crippen molar-refractivity contribution in [1.82, 2.24) is 5.32 Å². The monoisotopic (exact) mass is 508 g/mol. The molecule has 0 saturated carbocycles.